The van der Waals surface area contributed by atoms with E-state index < -0.39 is 26.7 Å². The van der Waals surface area contributed by atoms with Crippen LogP contribution in [0.25, 0.3) is 0 Å². The van der Waals surface area contributed by atoms with E-state index in [1.165, 1.54) is 29.5 Å². The summed E-state index contributed by atoms with van der Waals surface area (Å²) >= 11 is 1.24. The highest BCUT2D eigenvalue weighted by Crippen LogP contribution is 2.39. The van der Waals surface area contributed by atoms with Crippen LogP contribution in [-0.2, 0) is 33.4 Å². The van der Waals surface area contributed by atoms with Crippen molar-refractivity contribution in [2.24, 2.45) is 0 Å². The summed E-state index contributed by atoms with van der Waals surface area (Å²) in [7, 11) is -3.97. The van der Waals surface area contributed by atoms with Gasteiger partial charge in [0.2, 0.25) is 10.0 Å². The number of hydrogen-bond donors (Lipinski definition) is 1. The van der Waals surface area contributed by atoms with Gasteiger partial charge in [-0.05, 0) is 38.2 Å². The second-order valence-electron chi connectivity index (χ2n) is 6.38. The Morgan fingerprint density at radius 3 is 2.71 bits per heavy atom. The molecule has 0 atom stereocenters. The number of nitrogens with one attached hydrogen (secondary N) is 1. The number of nitro benzene ring substituents is 1. The van der Waals surface area contributed by atoms with Gasteiger partial charge < -0.3 is 4.74 Å². The van der Waals surface area contributed by atoms with Gasteiger partial charge >= 0.3 is 5.97 Å². The number of carbonyl (C=O) groups excluding carboxylic acids is 1. The number of hydrogen-bond acceptors (Lipinski definition) is 7. The van der Waals surface area contributed by atoms with Crippen LogP contribution < -0.4 is 4.72 Å². The Labute approximate surface area is 166 Å². The zero-order valence-electron chi connectivity index (χ0n) is 15.3. The van der Waals surface area contributed by atoms with Crippen LogP contribution in [0.3, 0.4) is 0 Å². The third-order valence-electron chi connectivity index (χ3n) is 4.43. The smallest absolute Gasteiger partial charge is 0.341 e. The molecule has 0 bridgehead atoms. The van der Waals surface area contributed by atoms with E-state index in [1.54, 1.807) is 13.0 Å². The number of carbonyl (C=O) groups is 1. The van der Waals surface area contributed by atoms with E-state index in [4.69, 9.17) is 4.74 Å². The molecule has 1 aliphatic rings. The Kier molecular flexibility index (Phi) is 5.99. The highest BCUT2D eigenvalue weighted by molar-refractivity contribution is 7.92. The first-order valence-electron chi connectivity index (χ1n) is 8.87. The van der Waals surface area contributed by atoms with Crippen LogP contribution >= 0.6 is 11.3 Å². The van der Waals surface area contributed by atoms with Crippen LogP contribution in [-0.4, -0.2) is 25.9 Å². The summed E-state index contributed by atoms with van der Waals surface area (Å²) in [6, 6.07) is 5.70. The molecule has 2 aromatic rings. The number of thiophene rings is 1. The molecular formula is C18H20N2O6S2. The van der Waals surface area contributed by atoms with Crippen LogP contribution in [0.1, 0.15) is 46.1 Å². The fourth-order valence-corrected chi connectivity index (χ4v) is 6.04. The molecule has 1 N–H and O–H groups in total. The fraction of sp³-hybridized carbons (Fsp3) is 0.389. The predicted molar refractivity (Wildman–Crippen MR) is 106 cm³/mol. The van der Waals surface area contributed by atoms with Crippen molar-refractivity contribution in [3.8, 4) is 0 Å². The van der Waals surface area contributed by atoms with Gasteiger partial charge in [-0.2, -0.15) is 0 Å². The minimum absolute atomic E-state index is 0.0824. The van der Waals surface area contributed by atoms with E-state index in [0.29, 0.717) is 6.42 Å². The summed E-state index contributed by atoms with van der Waals surface area (Å²) in [6.07, 6.45) is 3.40. The largest absolute Gasteiger partial charge is 0.462 e. The predicted octanol–water partition coefficient (Wildman–Crippen LogP) is 3.65. The first-order chi connectivity index (χ1) is 13.3. The number of anilines is 1. The van der Waals surface area contributed by atoms with Crippen molar-refractivity contribution in [1.29, 1.82) is 0 Å². The molecule has 0 saturated heterocycles. The van der Waals surface area contributed by atoms with Crippen LogP contribution in [0.4, 0.5) is 10.7 Å². The fourth-order valence-electron chi connectivity index (χ4n) is 3.25. The van der Waals surface area contributed by atoms with E-state index >= 15 is 0 Å². The first-order valence-corrected chi connectivity index (χ1v) is 11.3. The SMILES string of the molecule is CCOC(=O)c1c(NS(=O)(=O)Cc2ccccc2[N+](=O)[O-])sc2c1CCCC2. The summed E-state index contributed by atoms with van der Waals surface area (Å²) < 4.78 is 33.0. The minimum atomic E-state index is -3.97. The molecule has 1 aromatic heterocycles. The molecule has 1 aliphatic carbocycles. The minimum Gasteiger partial charge on any atom is -0.462 e. The molecule has 1 heterocycles. The second kappa shape index (κ2) is 8.27. The maximum atomic E-state index is 12.7. The van der Waals surface area contributed by atoms with Crippen molar-refractivity contribution in [1.82, 2.24) is 0 Å². The Bertz CT molecular complexity index is 1010. The van der Waals surface area contributed by atoms with Gasteiger partial charge in [0.1, 0.15) is 10.8 Å². The lowest BCUT2D eigenvalue weighted by molar-refractivity contribution is -0.385. The lowest BCUT2D eigenvalue weighted by Gasteiger charge is -2.12. The quantitative estimate of drug-likeness (QED) is 0.412. The van der Waals surface area contributed by atoms with Gasteiger partial charge in [-0.25, -0.2) is 13.2 Å². The van der Waals surface area contributed by atoms with Crippen molar-refractivity contribution in [3.63, 3.8) is 0 Å². The van der Waals surface area contributed by atoms with Crippen molar-refractivity contribution < 1.29 is 22.9 Å². The molecular weight excluding hydrogens is 404 g/mol. The van der Waals surface area contributed by atoms with Gasteiger partial charge in [0.25, 0.3) is 5.69 Å². The monoisotopic (exact) mass is 424 g/mol. The molecule has 10 heteroatoms. The van der Waals surface area contributed by atoms with Crippen molar-refractivity contribution >= 4 is 38.0 Å². The second-order valence-corrected chi connectivity index (χ2v) is 9.21. The highest BCUT2D eigenvalue weighted by Gasteiger charge is 2.29. The van der Waals surface area contributed by atoms with E-state index in [9.17, 15) is 23.3 Å². The summed E-state index contributed by atoms with van der Waals surface area (Å²) in [5, 5.41) is 11.4. The Morgan fingerprint density at radius 1 is 1.29 bits per heavy atom. The highest BCUT2D eigenvalue weighted by atomic mass is 32.2. The molecule has 0 unspecified atom stereocenters. The normalized spacial score (nSPS) is 13.6. The van der Waals surface area contributed by atoms with Gasteiger partial charge in [0.15, 0.2) is 0 Å². The topological polar surface area (TPSA) is 116 Å². The number of ether oxygens (including phenoxy) is 1. The average Bonchev–Trinajstić information content (AvgIpc) is 2.98. The lowest BCUT2D eigenvalue weighted by atomic mass is 9.95. The number of esters is 1. The van der Waals surface area contributed by atoms with Gasteiger partial charge in [-0.15, -0.1) is 11.3 Å². The van der Waals surface area contributed by atoms with Crippen LogP contribution in [0, 0.1) is 10.1 Å². The van der Waals surface area contributed by atoms with Crippen molar-refractivity contribution in [2.45, 2.75) is 38.4 Å². The first kappa shape index (κ1) is 20.3. The summed E-state index contributed by atoms with van der Waals surface area (Å²) in [5.41, 5.74) is 0.939. The van der Waals surface area contributed by atoms with E-state index in [-0.39, 0.29) is 28.4 Å². The van der Waals surface area contributed by atoms with E-state index in [1.807, 2.05) is 0 Å². The lowest BCUT2D eigenvalue weighted by Crippen LogP contribution is -2.18. The van der Waals surface area contributed by atoms with Gasteiger partial charge in [-0.3, -0.25) is 14.8 Å². The summed E-state index contributed by atoms with van der Waals surface area (Å²) in [6.45, 7) is 1.88. The Hall–Kier alpha value is -2.46. The number of sulfonamides is 1. The number of nitro groups is 1. The molecule has 1 aromatic carbocycles. The summed E-state index contributed by atoms with van der Waals surface area (Å²) in [5.74, 6) is -1.11. The standard InChI is InChI=1S/C18H20N2O6S2/c1-2-26-18(21)16-13-8-4-6-10-15(13)27-17(16)19-28(24,25)11-12-7-3-5-9-14(12)20(22)23/h3,5,7,9,19H,2,4,6,8,10-11H2,1H3. The number of rotatable bonds is 7. The van der Waals surface area contributed by atoms with E-state index in [0.717, 1.165) is 29.7 Å². The number of fused-ring (bicyclic) bond motifs is 1. The maximum absolute atomic E-state index is 12.7. The third-order valence-corrected chi connectivity index (χ3v) is 6.98. The molecule has 0 aliphatic heterocycles. The zero-order valence-corrected chi connectivity index (χ0v) is 16.9. The average molecular weight is 425 g/mol. The zero-order chi connectivity index (χ0) is 20.3. The molecule has 150 valence electrons. The molecule has 28 heavy (non-hydrogen) atoms. The molecule has 3 rings (SSSR count). The molecule has 0 radical (unpaired) electrons. The molecule has 0 spiro atoms. The molecule has 8 nitrogen and oxygen atoms in total. The Morgan fingerprint density at radius 2 is 2.00 bits per heavy atom. The van der Waals surface area contributed by atoms with Gasteiger partial charge in [0, 0.05) is 16.5 Å². The number of aryl methyl sites for hydroxylation is 1. The van der Waals surface area contributed by atoms with Crippen LogP contribution in [0.5, 0.6) is 0 Å². The molecule has 0 amide bonds. The van der Waals surface area contributed by atoms with Crippen molar-refractivity contribution in [3.05, 3.63) is 55.9 Å². The van der Waals surface area contributed by atoms with Crippen molar-refractivity contribution in [2.75, 3.05) is 11.3 Å². The number of benzene rings is 1. The molecule has 0 saturated carbocycles. The third kappa shape index (κ3) is 4.33. The number of nitrogens with zero attached hydrogens (tertiary/aromatic N) is 1. The van der Waals surface area contributed by atoms with Gasteiger partial charge in [-0.1, -0.05) is 18.2 Å². The maximum Gasteiger partial charge on any atom is 0.341 e. The van der Waals surface area contributed by atoms with Crippen LogP contribution in [0.2, 0.25) is 0 Å². The number of para-hydroxylation sites is 1. The molecule has 0 fully saturated rings. The van der Waals surface area contributed by atoms with Crippen LogP contribution in [0.15, 0.2) is 24.3 Å². The Balaban J connectivity index is 1.93. The van der Waals surface area contributed by atoms with E-state index in [2.05, 4.69) is 4.72 Å². The summed E-state index contributed by atoms with van der Waals surface area (Å²) in [4.78, 5) is 24.0. The van der Waals surface area contributed by atoms with Gasteiger partial charge in [0.05, 0.1) is 17.1 Å².